The Morgan fingerprint density at radius 3 is 1.40 bits per heavy atom. The molecule has 5 heavy (non-hydrogen) atoms. The summed E-state index contributed by atoms with van der Waals surface area (Å²) in [6, 6.07) is 0. The van der Waals surface area contributed by atoms with E-state index in [1.807, 2.05) is 0 Å². The summed E-state index contributed by atoms with van der Waals surface area (Å²) in [4.78, 5) is 0. The molecule has 0 amide bonds. The third-order valence-electron chi connectivity index (χ3n) is 0. The van der Waals surface area contributed by atoms with E-state index >= 15 is 0 Å². The maximum Gasteiger partial charge on any atom is 0.433 e. The van der Waals surface area contributed by atoms with Gasteiger partial charge in [-0.15, -0.1) is 0 Å². The standard InChI is InChI=1S/BrHO3.Os/c2-1(3)4;/h2H;. The average Bonchev–Trinajstić information content (AvgIpc) is 0.811. The first-order valence-electron chi connectivity index (χ1n) is 0.478. The molecule has 0 unspecified atom stereocenters. The van der Waals surface area contributed by atoms with E-state index in [-0.39, 0.29) is 19.8 Å². The van der Waals surface area contributed by atoms with Crippen molar-refractivity contribution in [1.29, 1.82) is 0 Å². The van der Waals surface area contributed by atoms with Crippen molar-refractivity contribution in [3.05, 3.63) is 0 Å². The van der Waals surface area contributed by atoms with Crippen LogP contribution in [0.1, 0.15) is 0 Å². The molecule has 0 saturated carbocycles. The second kappa shape index (κ2) is 5.00. The molecule has 0 spiro atoms. The first-order chi connectivity index (χ1) is 1.73. The molecule has 3 nitrogen and oxygen atoms in total. The molecule has 1 N–H and O–H groups in total. The predicted octanol–water partition coefficient (Wildman–Crippen LogP) is -2.94. The fraction of sp³-hybridized carbons (Fsp3) is 0. The van der Waals surface area contributed by atoms with Crippen molar-refractivity contribution < 1.29 is 47.2 Å². The third-order valence-corrected chi connectivity index (χ3v) is 0. The molecule has 34 valence electrons. The van der Waals surface area contributed by atoms with Crippen LogP contribution in [0.2, 0.25) is 0 Å². The van der Waals surface area contributed by atoms with Gasteiger partial charge in [0.1, 0.15) is 0 Å². The molecule has 0 aromatic heterocycles. The molecule has 0 bridgehead atoms. The first kappa shape index (κ1) is 9.37. The van der Waals surface area contributed by atoms with Crippen LogP contribution in [0.3, 0.4) is 0 Å². The van der Waals surface area contributed by atoms with Crippen molar-refractivity contribution in [1.82, 2.24) is 0 Å². The van der Waals surface area contributed by atoms with Crippen LogP contribution >= 0.6 is 0 Å². The fourth-order valence-electron chi connectivity index (χ4n) is 0. The van der Waals surface area contributed by atoms with Crippen LogP contribution in [0.5, 0.6) is 0 Å². The Labute approximate surface area is 47.5 Å². The zero-order valence-electron chi connectivity index (χ0n) is 2.00. The minimum Gasteiger partial charge on any atom is -0.372 e. The summed E-state index contributed by atoms with van der Waals surface area (Å²) in [5, 5.41) is 0. The Hall–Kier alpha value is 0.996. The molecular weight excluding hydrogens is 318 g/mol. The van der Waals surface area contributed by atoms with Crippen molar-refractivity contribution in [3.63, 3.8) is 0 Å². The molecule has 0 rings (SSSR count). The SMILES string of the molecule is [O-][Br+2]([O-])O.[Os]. The molecule has 0 heterocycles. The fourth-order valence-corrected chi connectivity index (χ4v) is 0. The van der Waals surface area contributed by atoms with Crippen molar-refractivity contribution in [2.24, 2.45) is 0 Å². The smallest absolute Gasteiger partial charge is 0.372 e. The quantitative estimate of drug-likeness (QED) is 0.520. The maximum absolute atomic E-state index is 8.63. The molecule has 0 aliphatic rings. The second-order valence-electron chi connectivity index (χ2n) is 0.201. The van der Waals surface area contributed by atoms with Gasteiger partial charge in [0.05, 0.1) is 0 Å². The van der Waals surface area contributed by atoms with E-state index < -0.39 is 14.8 Å². The largest absolute Gasteiger partial charge is 0.433 e. The number of hydrogen-bond acceptors (Lipinski definition) is 3. The third kappa shape index (κ3) is 45.2. The summed E-state index contributed by atoms with van der Waals surface area (Å²) < 4.78 is 24.3. The van der Waals surface area contributed by atoms with Crippen molar-refractivity contribution >= 4 is 0 Å². The van der Waals surface area contributed by atoms with Gasteiger partial charge in [-0.05, 0) is 4.20 Å². The summed E-state index contributed by atoms with van der Waals surface area (Å²) in [6.07, 6.45) is 0. The first-order valence-corrected chi connectivity index (χ1v) is 2.48. The summed E-state index contributed by atoms with van der Waals surface area (Å²) in [5.41, 5.74) is 0. The normalized spacial score (nSPS) is 7.20. The number of halogens is 1. The van der Waals surface area contributed by atoms with E-state index in [0.717, 1.165) is 0 Å². The van der Waals surface area contributed by atoms with Crippen LogP contribution in [-0.2, 0) is 19.8 Å². The van der Waals surface area contributed by atoms with Crippen molar-refractivity contribution in [2.45, 2.75) is 0 Å². The van der Waals surface area contributed by atoms with E-state index in [9.17, 15) is 0 Å². The summed E-state index contributed by atoms with van der Waals surface area (Å²) in [5.74, 6) is 0. The van der Waals surface area contributed by atoms with E-state index in [2.05, 4.69) is 0 Å². The maximum atomic E-state index is 8.63. The van der Waals surface area contributed by atoms with Gasteiger partial charge >= 0.3 is 14.8 Å². The van der Waals surface area contributed by atoms with Crippen molar-refractivity contribution in [3.8, 4) is 0 Å². The van der Waals surface area contributed by atoms with E-state index in [0.29, 0.717) is 0 Å². The monoisotopic (exact) mass is 320 g/mol. The Morgan fingerprint density at radius 2 is 1.40 bits per heavy atom. The van der Waals surface area contributed by atoms with Crippen LogP contribution in [0, 0.1) is 14.8 Å². The Morgan fingerprint density at radius 1 is 1.40 bits per heavy atom. The molecule has 5 heteroatoms. The Balaban J connectivity index is 0. The molecule has 0 radical (unpaired) electrons. The minimum absolute atomic E-state index is 0. The molecule has 0 aromatic carbocycles. The average molecular weight is 319 g/mol. The molecule has 0 fully saturated rings. The van der Waals surface area contributed by atoms with Gasteiger partial charge in [-0.1, -0.05) is 0 Å². The van der Waals surface area contributed by atoms with E-state index in [1.165, 1.54) is 0 Å². The van der Waals surface area contributed by atoms with Crippen LogP contribution in [0.25, 0.3) is 0 Å². The summed E-state index contributed by atoms with van der Waals surface area (Å²) >= 11 is -3.40. The van der Waals surface area contributed by atoms with E-state index in [4.69, 9.17) is 12.6 Å². The van der Waals surface area contributed by atoms with Crippen LogP contribution in [0.15, 0.2) is 0 Å². The molecule has 0 aliphatic carbocycles. The minimum atomic E-state index is -3.40. The molecular formula is HBrO3Os. The van der Waals surface area contributed by atoms with Gasteiger partial charge in [-0.2, -0.15) is 0 Å². The van der Waals surface area contributed by atoms with Gasteiger partial charge in [-0.3, -0.25) is 0 Å². The summed E-state index contributed by atoms with van der Waals surface area (Å²) in [6.45, 7) is 0. The van der Waals surface area contributed by atoms with Gasteiger partial charge in [-0.25, -0.2) is 0 Å². The van der Waals surface area contributed by atoms with Gasteiger partial charge < -0.3 is 8.40 Å². The molecule has 0 atom stereocenters. The van der Waals surface area contributed by atoms with E-state index in [1.54, 1.807) is 0 Å². The van der Waals surface area contributed by atoms with Crippen LogP contribution in [0.4, 0.5) is 0 Å². The van der Waals surface area contributed by atoms with Crippen LogP contribution < -0.4 is 8.40 Å². The van der Waals surface area contributed by atoms with Gasteiger partial charge in [0.2, 0.25) is 0 Å². The van der Waals surface area contributed by atoms with Crippen molar-refractivity contribution in [2.75, 3.05) is 0 Å². The topological polar surface area (TPSA) is 66.3 Å². The number of rotatable bonds is 0. The van der Waals surface area contributed by atoms with Gasteiger partial charge in [0, 0.05) is 19.8 Å². The zero-order valence-corrected chi connectivity index (χ0v) is 6.12. The summed E-state index contributed by atoms with van der Waals surface area (Å²) in [7, 11) is 0. The number of hydrogen-bond donors (Lipinski definition) is 1. The predicted molar refractivity (Wildman–Crippen MR) is 2.22 cm³/mol. The molecule has 0 aromatic rings. The van der Waals surface area contributed by atoms with Gasteiger partial charge in [0.15, 0.2) is 0 Å². The van der Waals surface area contributed by atoms with Gasteiger partial charge in [0.25, 0.3) is 0 Å². The second-order valence-corrected chi connectivity index (χ2v) is 1.04. The Kier molecular flexibility index (Phi) is 9.37. The Bertz CT molecular complexity index is 11.6. The zero-order chi connectivity index (χ0) is 3.58. The molecule has 0 saturated heterocycles. The molecule has 0 aliphatic heterocycles. The van der Waals surface area contributed by atoms with Crippen LogP contribution in [-0.4, -0.2) is 4.20 Å².